The van der Waals surface area contributed by atoms with Gasteiger partial charge in [-0.15, -0.1) is 0 Å². The van der Waals surface area contributed by atoms with Crippen LogP contribution in [-0.2, 0) is 4.79 Å². The van der Waals surface area contributed by atoms with E-state index in [1.807, 2.05) is 0 Å². The molecule has 0 aliphatic heterocycles. The van der Waals surface area contributed by atoms with Gasteiger partial charge in [-0.2, -0.15) is 0 Å². The lowest BCUT2D eigenvalue weighted by Crippen LogP contribution is -2.58. The van der Waals surface area contributed by atoms with E-state index in [9.17, 15) is 15.0 Å². The first-order valence-corrected chi connectivity index (χ1v) is 9.25. The van der Waals surface area contributed by atoms with Crippen molar-refractivity contribution in [2.24, 2.45) is 34.5 Å². The first-order chi connectivity index (χ1) is 10.4. The Morgan fingerprint density at radius 2 is 1.77 bits per heavy atom. The molecule has 0 radical (unpaired) electrons. The number of aliphatic hydroxyl groups excluding tert-OH is 2. The normalized spacial score (nSPS) is 57.9. The molecule has 4 aliphatic rings. The molecule has 4 fully saturated rings. The molecule has 4 saturated carbocycles. The SMILES string of the molecule is C[C@]12CC[C@H](O)CC1C[C@H](O)[C@@H]1[C@@H]2CC[C@]2(C)C(=O)CC[C@@H]12. The lowest BCUT2D eigenvalue weighted by Gasteiger charge is -2.61. The van der Waals surface area contributed by atoms with Crippen molar-refractivity contribution >= 4 is 5.78 Å². The van der Waals surface area contributed by atoms with Crippen LogP contribution in [0.15, 0.2) is 0 Å². The zero-order valence-corrected chi connectivity index (χ0v) is 13.9. The molecule has 0 spiro atoms. The molecule has 0 bridgehead atoms. The van der Waals surface area contributed by atoms with E-state index in [1.54, 1.807) is 0 Å². The fourth-order valence-electron chi connectivity index (χ4n) is 6.97. The van der Waals surface area contributed by atoms with Crippen molar-refractivity contribution in [1.29, 1.82) is 0 Å². The van der Waals surface area contributed by atoms with Crippen molar-refractivity contribution in [3.63, 3.8) is 0 Å². The van der Waals surface area contributed by atoms with Crippen molar-refractivity contribution in [2.75, 3.05) is 0 Å². The van der Waals surface area contributed by atoms with E-state index in [0.29, 0.717) is 29.5 Å². The summed E-state index contributed by atoms with van der Waals surface area (Å²) >= 11 is 0. The second-order valence-corrected chi connectivity index (χ2v) is 9.14. The topological polar surface area (TPSA) is 57.5 Å². The van der Waals surface area contributed by atoms with Crippen LogP contribution in [0.4, 0.5) is 0 Å². The van der Waals surface area contributed by atoms with Crippen LogP contribution in [0, 0.1) is 34.5 Å². The Bertz CT molecular complexity index is 489. The zero-order valence-electron chi connectivity index (χ0n) is 13.9. The van der Waals surface area contributed by atoms with Gasteiger partial charge in [0.2, 0.25) is 0 Å². The van der Waals surface area contributed by atoms with Crippen LogP contribution in [0.25, 0.3) is 0 Å². The average Bonchev–Trinajstić information content (AvgIpc) is 2.77. The molecular formula is C19H30O3. The molecule has 4 aliphatic carbocycles. The number of Topliss-reactive ketones (excluding diaryl/α,β-unsaturated/α-hetero) is 1. The van der Waals surface area contributed by atoms with E-state index in [-0.39, 0.29) is 23.0 Å². The van der Waals surface area contributed by atoms with E-state index in [1.165, 1.54) is 0 Å². The number of hydrogen-bond acceptors (Lipinski definition) is 3. The summed E-state index contributed by atoms with van der Waals surface area (Å²) in [5.41, 5.74) is 0.0929. The third-order valence-corrected chi connectivity index (χ3v) is 8.36. The molecular weight excluding hydrogens is 276 g/mol. The van der Waals surface area contributed by atoms with Crippen LogP contribution >= 0.6 is 0 Å². The van der Waals surface area contributed by atoms with Crippen LogP contribution in [-0.4, -0.2) is 28.2 Å². The molecule has 1 unspecified atom stereocenters. The number of ketones is 1. The maximum atomic E-state index is 12.4. The highest BCUT2D eigenvalue weighted by Crippen LogP contribution is 2.65. The molecule has 124 valence electrons. The Morgan fingerprint density at radius 3 is 2.55 bits per heavy atom. The van der Waals surface area contributed by atoms with Gasteiger partial charge < -0.3 is 10.2 Å². The van der Waals surface area contributed by atoms with Crippen LogP contribution in [0.1, 0.15) is 65.2 Å². The van der Waals surface area contributed by atoms with E-state index in [4.69, 9.17) is 0 Å². The molecule has 3 heteroatoms. The number of aliphatic hydroxyl groups is 2. The predicted molar refractivity (Wildman–Crippen MR) is 84.1 cm³/mol. The lowest BCUT2D eigenvalue weighted by atomic mass is 9.44. The van der Waals surface area contributed by atoms with Crippen molar-refractivity contribution in [2.45, 2.75) is 77.4 Å². The van der Waals surface area contributed by atoms with Gasteiger partial charge in [0, 0.05) is 11.8 Å². The summed E-state index contributed by atoms with van der Waals surface area (Å²) in [7, 11) is 0. The summed E-state index contributed by atoms with van der Waals surface area (Å²) in [6.45, 7) is 4.57. The molecule has 22 heavy (non-hydrogen) atoms. The summed E-state index contributed by atoms with van der Waals surface area (Å²) < 4.78 is 0. The minimum atomic E-state index is -0.274. The largest absolute Gasteiger partial charge is 0.393 e. The number of rotatable bonds is 0. The van der Waals surface area contributed by atoms with Gasteiger partial charge in [0.05, 0.1) is 12.2 Å². The third kappa shape index (κ3) is 1.84. The minimum Gasteiger partial charge on any atom is -0.393 e. The molecule has 0 aromatic heterocycles. The van der Waals surface area contributed by atoms with Gasteiger partial charge in [-0.1, -0.05) is 13.8 Å². The van der Waals surface area contributed by atoms with Crippen molar-refractivity contribution < 1.29 is 15.0 Å². The molecule has 3 nitrogen and oxygen atoms in total. The summed E-state index contributed by atoms with van der Waals surface area (Å²) in [4.78, 5) is 12.4. The fraction of sp³-hybridized carbons (Fsp3) is 0.947. The summed E-state index contributed by atoms with van der Waals surface area (Å²) in [5, 5.41) is 20.9. The Balaban J connectivity index is 1.69. The second-order valence-electron chi connectivity index (χ2n) is 9.14. The van der Waals surface area contributed by atoms with Gasteiger partial charge in [-0.3, -0.25) is 4.79 Å². The summed E-state index contributed by atoms with van der Waals surface area (Å²) in [6, 6.07) is 0. The van der Waals surface area contributed by atoms with Crippen molar-refractivity contribution in [3.8, 4) is 0 Å². The van der Waals surface area contributed by atoms with Gasteiger partial charge in [0.25, 0.3) is 0 Å². The van der Waals surface area contributed by atoms with Gasteiger partial charge in [0.15, 0.2) is 0 Å². The van der Waals surface area contributed by atoms with Gasteiger partial charge in [-0.25, -0.2) is 0 Å². The quantitative estimate of drug-likeness (QED) is 0.723. The lowest BCUT2D eigenvalue weighted by molar-refractivity contribution is -0.171. The smallest absolute Gasteiger partial charge is 0.139 e. The van der Waals surface area contributed by atoms with Crippen molar-refractivity contribution in [1.82, 2.24) is 0 Å². The van der Waals surface area contributed by atoms with E-state index >= 15 is 0 Å². The van der Waals surface area contributed by atoms with Crippen molar-refractivity contribution in [3.05, 3.63) is 0 Å². The molecule has 2 N–H and O–H groups in total. The monoisotopic (exact) mass is 306 g/mol. The van der Waals surface area contributed by atoms with E-state index in [0.717, 1.165) is 51.4 Å². The number of carbonyl (C=O) groups is 1. The number of fused-ring (bicyclic) bond motifs is 5. The number of carbonyl (C=O) groups excluding carboxylic acids is 1. The Hall–Kier alpha value is -0.410. The zero-order chi connectivity index (χ0) is 15.7. The molecule has 0 aromatic carbocycles. The Morgan fingerprint density at radius 1 is 1.00 bits per heavy atom. The predicted octanol–water partition coefficient (Wildman–Crippen LogP) is 2.93. The maximum absolute atomic E-state index is 12.4. The Kier molecular flexibility index (Phi) is 3.30. The summed E-state index contributed by atoms with van der Waals surface area (Å²) in [5.74, 6) is 2.13. The van der Waals surface area contributed by atoms with Crippen LogP contribution in [0.5, 0.6) is 0 Å². The highest BCUT2D eigenvalue weighted by molar-refractivity contribution is 5.87. The fourth-order valence-corrected chi connectivity index (χ4v) is 6.97. The van der Waals surface area contributed by atoms with Gasteiger partial charge in [-0.05, 0) is 74.0 Å². The first kappa shape index (κ1) is 15.1. The minimum absolute atomic E-state index is 0.167. The maximum Gasteiger partial charge on any atom is 0.139 e. The molecule has 0 heterocycles. The van der Waals surface area contributed by atoms with Gasteiger partial charge in [0.1, 0.15) is 5.78 Å². The number of hydrogen-bond donors (Lipinski definition) is 2. The standard InChI is InChI=1S/C19H30O3/c1-18-7-5-12(20)9-11(18)10-15(21)17-13-3-4-16(22)19(13,2)8-6-14(17)18/h11-15,17,20-21H,3-10H2,1-2H3/t11?,12-,13-,14-,15-,17-,18-,19-/m0/s1. The van der Waals surface area contributed by atoms with E-state index < -0.39 is 0 Å². The summed E-state index contributed by atoms with van der Waals surface area (Å²) in [6.07, 6.45) is 7.03. The van der Waals surface area contributed by atoms with Crippen LogP contribution in [0.3, 0.4) is 0 Å². The Labute approximate surface area is 133 Å². The van der Waals surface area contributed by atoms with Crippen LogP contribution in [0.2, 0.25) is 0 Å². The molecule has 4 rings (SSSR count). The molecule has 0 amide bonds. The van der Waals surface area contributed by atoms with E-state index in [2.05, 4.69) is 13.8 Å². The highest BCUT2D eigenvalue weighted by Gasteiger charge is 2.62. The third-order valence-electron chi connectivity index (χ3n) is 8.36. The highest BCUT2D eigenvalue weighted by atomic mass is 16.3. The van der Waals surface area contributed by atoms with Crippen LogP contribution < -0.4 is 0 Å². The second kappa shape index (κ2) is 4.80. The first-order valence-electron chi connectivity index (χ1n) is 9.25. The molecule has 8 atom stereocenters. The molecule has 0 saturated heterocycles. The average molecular weight is 306 g/mol. The molecule has 0 aromatic rings. The van der Waals surface area contributed by atoms with Gasteiger partial charge >= 0.3 is 0 Å².